The van der Waals surface area contributed by atoms with Gasteiger partial charge in [0.25, 0.3) is 0 Å². The zero-order valence-corrected chi connectivity index (χ0v) is 14.9. The second-order valence-electron chi connectivity index (χ2n) is 6.54. The van der Waals surface area contributed by atoms with Crippen molar-refractivity contribution in [2.45, 2.75) is 6.92 Å². The highest BCUT2D eigenvalue weighted by Gasteiger charge is 2.29. The molecule has 0 fully saturated rings. The minimum Gasteiger partial charge on any atom is -0.329 e. The molecule has 1 heterocycles. The molecule has 0 unspecified atom stereocenters. The van der Waals surface area contributed by atoms with Crippen LogP contribution in [0.3, 0.4) is 0 Å². The number of nitrogens with zero attached hydrogens (tertiary/aromatic N) is 2. The van der Waals surface area contributed by atoms with Crippen LogP contribution in [0.1, 0.15) is 16.7 Å². The van der Waals surface area contributed by atoms with Gasteiger partial charge < -0.3 is 9.80 Å². The first-order chi connectivity index (χ1) is 12.2. The molecule has 25 heavy (non-hydrogen) atoms. The summed E-state index contributed by atoms with van der Waals surface area (Å²) in [5, 5.41) is 0. The van der Waals surface area contributed by atoms with Crippen molar-refractivity contribution in [3.63, 3.8) is 0 Å². The van der Waals surface area contributed by atoms with Crippen molar-refractivity contribution < 1.29 is 0 Å². The molecule has 1 aliphatic heterocycles. The molecule has 0 spiro atoms. The lowest BCUT2D eigenvalue weighted by Gasteiger charge is -2.24. The van der Waals surface area contributed by atoms with E-state index in [0.29, 0.717) is 0 Å². The molecule has 0 aliphatic carbocycles. The van der Waals surface area contributed by atoms with Gasteiger partial charge in [0.05, 0.1) is 11.4 Å². The van der Waals surface area contributed by atoms with Crippen molar-refractivity contribution >= 4 is 16.9 Å². The van der Waals surface area contributed by atoms with Gasteiger partial charge >= 0.3 is 0 Å². The van der Waals surface area contributed by atoms with E-state index in [4.69, 9.17) is 0 Å². The molecule has 0 N–H and O–H groups in total. The number of fused-ring (bicyclic) bond motifs is 1. The van der Waals surface area contributed by atoms with Gasteiger partial charge in [0.1, 0.15) is 5.82 Å². The lowest BCUT2D eigenvalue weighted by atomic mass is 9.97. The third-order valence-electron chi connectivity index (χ3n) is 4.84. The number of aryl methyl sites for hydroxylation is 1. The summed E-state index contributed by atoms with van der Waals surface area (Å²) in [6.07, 6.45) is 0. The fourth-order valence-corrected chi connectivity index (χ4v) is 3.61. The van der Waals surface area contributed by atoms with Crippen molar-refractivity contribution in [3.8, 4) is 0 Å². The molecule has 0 amide bonds. The molecule has 4 rings (SSSR count). The number of hydrogen-bond donors (Lipinski definition) is 0. The summed E-state index contributed by atoms with van der Waals surface area (Å²) in [6.45, 7) is 2.14. The average Bonchev–Trinajstić information content (AvgIpc) is 2.88. The molecule has 0 radical (unpaired) electrons. The summed E-state index contributed by atoms with van der Waals surface area (Å²) in [7, 11) is 4.31. The number of hydrogen-bond acceptors (Lipinski definition) is 2. The maximum Gasteiger partial charge on any atom is 0.121 e. The third kappa shape index (κ3) is 2.60. The van der Waals surface area contributed by atoms with E-state index in [-0.39, 0.29) is 0 Å². The van der Waals surface area contributed by atoms with Crippen LogP contribution in [0.5, 0.6) is 0 Å². The third-order valence-corrected chi connectivity index (χ3v) is 4.84. The van der Waals surface area contributed by atoms with Crippen LogP contribution in [-0.4, -0.2) is 14.1 Å². The van der Waals surface area contributed by atoms with Gasteiger partial charge in [0.2, 0.25) is 0 Å². The van der Waals surface area contributed by atoms with Gasteiger partial charge in [-0.2, -0.15) is 0 Å². The van der Waals surface area contributed by atoms with E-state index in [0.717, 1.165) is 0 Å². The van der Waals surface area contributed by atoms with Crippen LogP contribution in [0.2, 0.25) is 0 Å². The first kappa shape index (κ1) is 15.5. The molecular weight excluding hydrogens is 304 g/mol. The van der Waals surface area contributed by atoms with Crippen molar-refractivity contribution in [1.29, 1.82) is 0 Å². The number of benzene rings is 3. The predicted molar refractivity (Wildman–Crippen MR) is 107 cm³/mol. The Kier molecular flexibility index (Phi) is 3.81. The van der Waals surface area contributed by atoms with Crippen LogP contribution >= 0.6 is 0 Å². The maximum atomic E-state index is 2.30. The summed E-state index contributed by atoms with van der Waals surface area (Å²) < 4.78 is 0. The Bertz CT molecular complexity index is 885. The molecular formula is C23H22N2. The molecule has 0 saturated heterocycles. The highest BCUT2D eigenvalue weighted by atomic mass is 15.4. The van der Waals surface area contributed by atoms with Crippen LogP contribution in [0.15, 0.2) is 84.7 Å². The molecule has 0 saturated carbocycles. The van der Waals surface area contributed by atoms with Gasteiger partial charge in [-0.1, -0.05) is 66.7 Å². The molecule has 0 atom stereocenters. The van der Waals surface area contributed by atoms with Gasteiger partial charge in [-0.3, -0.25) is 0 Å². The van der Waals surface area contributed by atoms with E-state index >= 15 is 0 Å². The molecule has 0 aromatic heterocycles. The Morgan fingerprint density at radius 3 is 1.72 bits per heavy atom. The highest BCUT2D eigenvalue weighted by molar-refractivity contribution is 5.93. The van der Waals surface area contributed by atoms with Crippen LogP contribution in [0, 0.1) is 6.92 Å². The van der Waals surface area contributed by atoms with Gasteiger partial charge in [-0.15, -0.1) is 0 Å². The van der Waals surface area contributed by atoms with E-state index < -0.39 is 0 Å². The van der Waals surface area contributed by atoms with Gasteiger partial charge in [0, 0.05) is 19.7 Å². The second-order valence-corrected chi connectivity index (χ2v) is 6.54. The van der Waals surface area contributed by atoms with Crippen molar-refractivity contribution in [2.75, 3.05) is 23.9 Å². The number of rotatable bonds is 2. The van der Waals surface area contributed by atoms with E-state index in [2.05, 4.69) is 110 Å². The Balaban J connectivity index is 1.99. The van der Waals surface area contributed by atoms with Crippen LogP contribution in [0.25, 0.3) is 5.57 Å². The monoisotopic (exact) mass is 326 g/mol. The van der Waals surface area contributed by atoms with Crippen LogP contribution in [0.4, 0.5) is 11.4 Å². The first-order valence-electron chi connectivity index (χ1n) is 8.60. The van der Waals surface area contributed by atoms with Crippen molar-refractivity contribution in [1.82, 2.24) is 0 Å². The van der Waals surface area contributed by atoms with E-state index in [1.165, 1.54) is 39.5 Å². The Morgan fingerprint density at radius 1 is 0.640 bits per heavy atom. The molecule has 2 nitrogen and oxygen atoms in total. The maximum absolute atomic E-state index is 2.30. The summed E-state index contributed by atoms with van der Waals surface area (Å²) in [5.41, 5.74) is 7.48. The average molecular weight is 326 g/mol. The first-order valence-corrected chi connectivity index (χ1v) is 8.60. The molecule has 2 heteroatoms. The second kappa shape index (κ2) is 6.14. The van der Waals surface area contributed by atoms with Crippen LogP contribution < -0.4 is 9.80 Å². The SMILES string of the molecule is Cc1ccc2c(c1)N(C)C(=C(c1ccccc1)c1ccccc1)N2C. The Labute approximate surface area is 149 Å². The van der Waals surface area contributed by atoms with Crippen molar-refractivity contribution in [2.24, 2.45) is 0 Å². The summed E-state index contributed by atoms with van der Waals surface area (Å²) in [4.78, 5) is 4.60. The minimum absolute atomic E-state index is 1.21. The van der Waals surface area contributed by atoms with Crippen molar-refractivity contribution in [3.05, 3.63) is 101 Å². The van der Waals surface area contributed by atoms with Gasteiger partial charge in [-0.05, 0) is 35.7 Å². The van der Waals surface area contributed by atoms with Crippen LogP contribution in [-0.2, 0) is 0 Å². The molecule has 3 aromatic rings. The van der Waals surface area contributed by atoms with E-state index in [1.807, 2.05) is 0 Å². The predicted octanol–water partition coefficient (Wildman–Crippen LogP) is 5.30. The Morgan fingerprint density at radius 2 is 1.16 bits per heavy atom. The van der Waals surface area contributed by atoms with Gasteiger partial charge in [-0.25, -0.2) is 0 Å². The summed E-state index contributed by atoms with van der Waals surface area (Å²) in [5.74, 6) is 1.21. The lowest BCUT2D eigenvalue weighted by Crippen LogP contribution is -2.24. The van der Waals surface area contributed by atoms with E-state index in [9.17, 15) is 0 Å². The largest absolute Gasteiger partial charge is 0.329 e. The smallest absolute Gasteiger partial charge is 0.121 e. The zero-order chi connectivity index (χ0) is 17.4. The quantitative estimate of drug-likeness (QED) is 0.630. The standard InChI is InChI=1S/C23H22N2/c1-17-14-15-20-21(16-17)25(3)23(24(20)2)22(18-10-6-4-7-11-18)19-12-8-5-9-13-19/h4-16H,1-3H3. The lowest BCUT2D eigenvalue weighted by molar-refractivity contribution is 1.05. The minimum atomic E-state index is 1.21. The normalized spacial score (nSPS) is 13.2. The molecule has 0 bridgehead atoms. The fourth-order valence-electron chi connectivity index (χ4n) is 3.61. The molecule has 3 aromatic carbocycles. The van der Waals surface area contributed by atoms with Gasteiger partial charge in [0.15, 0.2) is 0 Å². The Hall–Kier alpha value is -3.00. The highest BCUT2D eigenvalue weighted by Crippen LogP contribution is 2.44. The molecule has 124 valence electrons. The fraction of sp³-hybridized carbons (Fsp3) is 0.130. The number of anilines is 2. The van der Waals surface area contributed by atoms with E-state index in [1.54, 1.807) is 0 Å². The topological polar surface area (TPSA) is 6.48 Å². The zero-order valence-electron chi connectivity index (χ0n) is 14.9. The molecule has 1 aliphatic rings. The summed E-state index contributed by atoms with van der Waals surface area (Å²) in [6, 6.07) is 27.9. The summed E-state index contributed by atoms with van der Waals surface area (Å²) >= 11 is 0.